The number of rotatable bonds is 6. The minimum Gasteiger partial charge on any atom is -0.252 e. The van der Waals surface area contributed by atoms with Gasteiger partial charge in [0.25, 0.3) is 0 Å². The van der Waals surface area contributed by atoms with Gasteiger partial charge in [0.15, 0.2) is 0 Å². The van der Waals surface area contributed by atoms with E-state index in [0.29, 0.717) is 0 Å². The zero-order chi connectivity index (χ0) is 18.4. The number of hydrogen-bond donors (Lipinski definition) is 0. The van der Waals surface area contributed by atoms with E-state index in [1.165, 1.54) is 22.3 Å². The number of unbranched alkanes of at least 4 members (excludes halogenated alkanes) is 1. The Labute approximate surface area is 172 Å². The monoisotopic (exact) mass is 440 g/mol. The predicted octanol–water partition coefficient (Wildman–Crippen LogP) is 6.97. The minimum absolute atomic E-state index is 0. The SMILES string of the molecule is CCCCC(=N\c1ccc(C)c(C)c1)/C(C)=N/c1ccc(C)c(C)c1.[Pd]. The summed E-state index contributed by atoms with van der Waals surface area (Å²) in [5, 5.41) is 0. The Morgan fingerprint density at radius 3 is 1.73 bits per heavy atom. The molecule has 0 saturated carbocycles. The van der Waals surface area contributed by atoms with Crippen molar-refractivity contribution < 1.29 is 20.4 Å². The second-order valence-electron chi connectivity index (χ2n) is 6.90. The molecule has 2 rings (SSSR count). The van der Waals surface area contributed by atoms with Crippen LogP contribution in [0.3, 0.4) is 0 Å². The maximum Gasteiger partial charge on any atom is 0.0636 e. The second-order valence-corrected chi connectivity index (χ2v) is 6.90. The molecule has 0 spiro atoms. The number of aliphatic imine (C=N–C) groups is 2. The maximum absolute atomic E-state index is 4.92. The summed E-state index contributed by atoms with van der Waals surface area (Å²) < 4.78 is 0. The van der Waals surface area contributed by atoms with Crippen LogP contribution >= 0.6 is 0 Å². The van der Waals surface area contributed by atoms with Gasteiger partial charge < -0.3 is 0 Å². The van der Waals surface area contributed by atoms with Crippen LogP contribution in [0, 0.1) is 27.7 Å². The average molecular weight is 441 g/mol. The summed E-state index contributed by atoms with van der Waals surface area (Å²) in [5.74, 6) is 0. The molecule has 0 aliphatic rings. The maximum atomic E-state index is 4.92. The topological polar surface area (TPSA) is 24.7 Å². The smallest absolute Gasteiger partial charge is 0.0636 e. The van der Waals surface area contributed by atoms with Crippen LogP contribution in [-0.4, -0.2) is 11.4 Å². The molecule has 142 valence electrons. The Kier molecular flexibility index (Phi) is 9.13. The van der Waals surface area contributed by atoms with Crippen molar-refractivity contribution in [2.45, 2.75) is 60.8 Å². The molecule has 0 unspecified atom stereocenters. The molecule has 0 aliphatic heterocycles. The molecule has 0 radical (unpaired) electrons. The normalized spacial score (nSPS) is 12.1. The van der Waals surface area contributed by atoms with E-state index >= 15 is 0 Å². The van der Waals surface area contributed by atoms with Crippen molar-refractivity contribution in [1.82, 2.24) is 0 Å². The Morgan fingerprint density at radius 1 is 0.769 bits per heavy atom. The molecule has 0 bridgehead atoms. The molecule has 0 fully saturated rings. The molecule has 2 aromatic rings. The van der Waals surface area contributed by atoms with Crippen molar-refractivity contribution in [1.29, 1.82) is 0 Å². The van der Waals surface area contributed by atoms with Gasteiger partial charge in [-0.05, 0) is 94.0 Å². The first-order valence-electron chi connectivity index (χ1n) is 9.18. The Bertz CT molecular complexity index is 804. The summed E-state index contributed by atoms with van der Waals surface area (Å²) in [6.45, 7) is 12.8. The third-order valence-electron chi connectivity index (χ3n) is 4.73. The van der Waals surface area contributed by atoms with Crippen molar-refractivity contribution in [2.24, 2.45) is 9.98 Å². The van der Waals surface area contributed by atoms with Crippen LogP contribution in [0.4, 0.5) is 11.4 Å². The molecular formula is C23H30N2Pd. The van der Waals surface area contributed by atoms with E-state index in [4.69, 9.17) is 9.98 Å². The van der Waals surface area contributed by atoms with Crippen LogP contribution in [0.2, 0.25) is 0 Å². The van der Waals surface area contributed by atoms with E-state index in [9.17, 15) is 0 Å². The van der Waals surface area contributed by atoms with Gasteiger partial charge in [-0.2, -0.15) is 0 Å². The Hall–Kier alpha value is -1.56. The summed E-state index contributed by atoms with van der Waals surface area (Å²) in [7, 11) is 0. The van der Waals surface area contributed by atoms with E-state index in [2.05, 4.69) is 77.9 Å². The van der Waals surface area contributed by atoms with Gasteiger partial charge in [0, 0.05) is 20.4 Å². The fourth-order valence-electron chi connectivity index (χ4n) is 2.67. The van der Waals surface area contributed by atoms with Gasteiger partial charge in [-0.3, -0.25) is 9.98 Å². The molecule has 0 heterocycles. The first kappa shape index (κ1) is 22.5. The van der Waals surface area contributed by atoms with Gasteiger partial charge in [-0.15, -0.1) is 0 Å². The number of benzene rings is 2. The van der Waals surface area contributed by atoms with Crippen LogP contribution < -0.4 is 0 Å². The van der Waals surface area contributed by atoms with E-state index in [0.717, 1.165) is 42.1 Å². The summed E-state index contributed by atoms with van der Waals surface area (Å²) >= 11 is 0. The molecule has 2 nitrogen and oxygen atoms in total. The largest absolute Gasteiger partial charge is 0.252 e. The zero-order valence-corrected chi connectivity index (χ0v) is 18.4. The third kappa shape index (κ3) is 6.31. The van der Waals surface area contributed by atoms with E-state index in [1.807, 2.05) is 0 Å². The van der Waals surface area contributed by atoms with E-state index in [1.54, 1.807) is 0 Å². The molecule has 0 saturated heterocycles. The fraction of sp³-hybridized carbons (Fsp3) is 0.391. The van der Waals surface area contributed by atoms with Gasteiger partial charge >= 0.3 is 0 Å². The molecule has 0 aromatic heterocycles. The molecule has 0 aliphatic carbocycles. The molecule has 3 heteroatoms. The van der Waals surface area contributed by atoms with Crippen LogP contribution in [0.25, 0.3) is 0 Å². The van der Waals surface area contributed by atoms with Crippen molar-refractivity contribution in [3.8, 4) is 0 Å². The summed E-state index contributed by atoms with van der Waals surface area (Å²) in [6, 6.07) is 12.8. The first-order valence-corrected chi connectivity index (χ1v) is 9.18. The third-order valence-corrected chi connectivity index (χ3v) is 4.73. The van der Waals surface area contributed by atoms with Crippen molar-refractivity contribution >= 4 is 22.8 Å². The summed E-state index contributed by atoms with van der Waals surface area (Å²) in [6.07, 6.45) is 3.25. The second kappa shape index (κ2) is 10.6. The van der Waals surface area contributed by atoms with Crippen molar-refractivity contribution in [3.63, 3.8) is 0 Å². The summed E-state index contributed by atoms with van der Waals surface area (Å²) in [5.41, 5.74) is 9.27. The van der Waals surface area contributed by atoms with Crippen LogP contribution in [0.15, 0.2) is 46.4 Å². The Balaban J connectivity index is 0.00000338. The standard InChI is InChI=1S/C23H30N2.Pd/c1-7-8-9-23(25-22-13-11-17(3)19(5)15-22)20(6)24-21-12-10-16(2)18(4)14-21;/h10-15H,7-9H2,1-6H3;/b24-20+,25-23+;. The van der Waals surface area contributed by atoms with Gasteiger partial charge in [-0.25, -0.2) is 0 Å². The van der Waals surface area contributed by atoms with Gasteiger partial charge in [-0.1, -0.05) is 25.5 Å². The number of nitrogens with zero attached hydrogens (tertiary/aromatic N) is 2. The number of hydrogen-bond acceptors (Lipinski definition) is 2. The number of aryl methyl sites for hydroxylation is 4. The average Bonchev–Trinajstić information content (AvgIpc) is 2.58. The van der Waals surface area contributed by atoms with Crippen LogP contribution in [0.5, 0.6) is 0 Å². The molecule has 0 N–H and O–H groups in total. The van der Waals surface area contributed by atoms with Gasteiger partial charge in [0.2, 0.25) is 0 Å². The van der Waals surface area contributed by atoms with Gasteiger partial charge in [0.05, 0.1) is 22.8 Å². The molecule has 26 heavy (non-hydrogen) atoms. The molecule has 2 aromatic carbocycles. The van der Waals surface area contributed by atoms with Crippen molar-refractivity contribution in [3.05, 3.63) is 58.7 Å². The minimum atomic E-state index is 0. The first-order chi connectivity index (χ1) is 11.9. The van der Waals surface area contributed by atoms with Crippen molar-refractivity contribution in [2.75, 3.05) is 0 Å². The Morgan fingerprint density at radius 2 is 1.27 bits per heavy atom. The fourth-order valence-corrected chi connectivity index (χ4v) is 2.67. The van der Waals surface area contributed by atoms with Crippen LogP contribution in [-0.2, 0) is 20.4 Å². The van der Waals surface area contributed by atoms with Crippen LogP contribution in [0.1, 0.15) is 55.4 Å². The molecule has 0 atom stereocenters. The zero-order valence-electron chi connectivity index (χ0n) is 16.8. The van der Waals surface area contributed by atoms with E-state index in [-0.39, 0.29) is 20.4 Å². The molecule has 0 amide bonds. The molecular weight excluding hydrogens is 411 g/mol. The van der Waals surface area contributed by atoms with E-state index < -0.39 is 0 Å². The quantitative estimate of drug-likeness (QED) is 0.342. The summed E-state index contributed by atoms with van der Waals surface area (Å²) in [4.78, 5) is 9.76. The van der Waals surface area contributed by atoms with Gasteiger partial charge in [0.1, 0.15) is 0 Å². The predicted molar refractivity (Wildman–Crippen MR) is 111 cm³/mol.